The molecule has 2 N–H and O–H groups in total. The van der Waals surface area contributed by atoms with Crippen LogP contribution in [0.3, 0.4) is 0 Å². The van der Waals surface area contributed by atoms with Crippen molar-refractivity contribution < 1.29 is 0 Å². The molecule has 0 spiro atoms. The minimum Gasteiger partial charge on any atom is -0.357 e. The molecule has 1 heterocycles. The normalized spacial score (nSPS) is 11.6. The van der Waals surface area contributed by atoms with E-state index in [0.29, 0.717) is 6.04 Å². The van der Waals surface area contributed by atoms with Crippen LogP contribution in [0.1, 0.15) is 36.2 Å². The Hall–Kier alpha value is -1.28. The number of aromatic nitrogens is 1. The predicted octanol–water partition coefficient (Wildman–Crippen LogP) is 3.59. The summed E-state index contributed by atoms with van der Waals surface area (Å²) in [7, 11) is 0. The van der Waals surface area contributed by atoms with Gasteiger partial charge in [0.15, 0.2) is 0 Å². The zero-order valence-corrected chi connectivity index (χ0v) is 11.4. The Labute approximate surface area is 103 Å². The summed E-state index contributed by atoms with van der Waals surface area (Å²) in [5, 5.41) is 4.82. The van der Waals surface area contributed by atoms with E-state index in [4.69, 9.17) is 0 Å². The maximum Gasteiger partial charge on any atom is 0.0491 e. The molecule has 1 aromatic heterocycles. The van der Waals surface area contributed by atoms with Crippen LogP contribution in [0.5, 0.6) is 0 Å². The molecule has 2 rings (SSSR count). The first-order chi connectivity index (χ1) is 8.00. The number of H-pyrrole nitrogens is 1. The van der Waals surface area contributed by atoms with Gasteiger partial charge < -0.3 is 10.3 Å². The van der Waals surface area contributed by atoms with Gasteiger partial charge >= 0.3 is 0 Å². The summed E-state index contributed by atoms with van der Waals surface area (Å²) in [6.45, 7) is 11.8. The van der Waals surface area contributed by atoms with Crippen LogP contribution in [0.25, 0.3) is 10.9 Å². The lowest BCUT2D eigenvalue weighted by atomic mass is 10.0. The molecule has 17 heavy (non-hydrogen) atoms. The largest absolute Gasteiger partial charge is 0.357 e. The molecule has 0 aliphatic rings. The average molecular weight is 230 g/mol. The number of aromatic amines is 1. The summed E-state index contributed by atoms with van der Waals surface area (Å²) in [5.41, 5.74) is 6.69. The molecule has 0 atom stereocenters. The zero-order chi connectivity index (χ0) is 12.6. The molecule has 2 aromatic rings. The molecule has 2 heteroatoms. The van der Waals surface area contributed by atoms with Crippen LogP contribution in [-0.4, -0.2) is 11.0 Å². The first-order valence-corrected chi connectivity index (χ1v) is 6.31. The number of hydrogen-bond donors (Lipinski definition) is 2. The van der Waals surface area contributed by atoms with E-state index in [1.54, 1.807) is 0 Å². The van der Waals surface area contributed by atoms with Crippen molar-refractivity contribution in [3.8, 4) is 0 Å². The molecular formula is C15H22N2. The third-order valence-corrected chi connectivity index (χ3v) is 3.56. The van der Waals surface area contributed by atoms with E-state index < -0.39 is 0 Å². The predicted molar refractivity (Wildman–Crippen MR) is 74.5 cm³/mol. The number of aryl methyl sites for hydroxylation is 3. The summed E-state index contributed by atoms with van der Waals surface area (Å²) in [6.07, 6.45) is 0. The van der Waals surface area contributed by atoms with Crippen LogP contribution in [0, 0.1) is 20.8 Å². The fourth-order valence-electron chi connectivity index (χ4n) is 2.18. The minimum absolute atomic E-state index is 0.517. The lowest BCUT2D eigenvalue weighted by Crippen LogP contribution is -2.22. The first kappa shape index (κ1) is 12.2. The SMILES string of the molecule is Cc1ccc2c(C)c(CNC(C)C)[nH]c2c1C. The molecule has 0 aliphatic heterocycles. The van der Waals surface area contributed by atoms with E-state index >= 15 is 0 Å². The highest BCUT2D eigenvalue weighted by molar-refractivity contribution is 5.87. The van der Waals surface area contributed by atoms with Crippen LogP contribution in [-0.2, 0) is 6.54 Å². The van der Waals surface area contributed by atoms with E-state index in [2.05, 4.69) is 57.1 Å². The van der Waals surface area contributed by atoms with Gasteiger partial charge in [0.1, 0.15) is 0 Å². The molecule has 0 fully saturated rings. The standard InChI is InChI=1S/C15H22N2/c1-9(2)16-8-14-12(5)13-7-6-10(3)11(4)15(13)17-14/h6-7,9,16-17H,8H2,1-5H3. The van der Waals surface area contributed by atoms with Crippen molar-refractivity contribution in [2.24, 2.45) is 0 Å². The van der Waals surface area contributed by atoms with Gasteiger partial charge in [0.25, 0.3) is 0 Å². The molecule has 0 unspecified atom stereocenters. The lowest BCUT2D eigenvalue weighted by molar-refractivity contribution is 0.582. The van der Waals surface area contributed by atoms with Crippen molar-refractivity contribution in [1.29, 1.82) is 0 Å². The number of fused-ring (bicyclic) bond motifs is 1. The number of nitrogens with one attached hydrogen (secondary N) is 2. The lowest BCUT2D eigenvalue weighted by Gasteiger charge is -2.07. The van der Waals surface area contributed by atoms with Gasteiger partial charge in [0.05, 0.1) is 0 Å². The molecule has 0 radical (unpaired) electrons. The van der Waals surface area contributed by atoms with E-state index in [9.17, 15) is 0 Å². The van der Waals surface area contributed by atoms with Crippen LogP contribution >= 0.6 is 0 Å². The maximum atomic E-state index is 3.57. The monoisotopic (exact) mass is 230 g/mol. The van der Waals surface area contributed by atoms with Gasteiger partial charge in [-0.15, -0.1) is 0 Å². The fraction of sp³-hybridized carbons (Fsp3) is 0.467. The Bertz CT molecular complexity index is 535. The fourth-order valence-corrected chi connectivity index (χ4v) is 2.18. The van der Waals surface area contributed by atoms with Gasteiger partial charge in [-0.25, -0.2) is 0 Å². The Balaban J connectivity index is 2.45. The van der Waals surface area contributed by atoms with Crippen LogP contribution in [0.4, 0.5) is 0 Å². The number of hydrogen-bond acceptors (Lipinski definition) is 1. The molecular weight excluding hydrogens is 208 g/mol. The van der Waals surface area contributed by atoms with Crippen LogP contribution < -0.4 is 5.32 Å². The number of rotatable bonds is 3. The highest BCUT2D eigenvalue weighted by atomic mass is 14.9. The minimum atomic E-state index is 0.517. The molecule has 92 valence electrons. The van der Waals surface area contributed by atoms with Crippen molar-refractivity contribution in [2.75, 3.05) is 0 Å². The second-order valence-corrected chi connectivity index (χ2v) is 5.19. The molecule has 1 aromatic carbocycles. The van der Waals surface area contributed by atoms with Crippen molar-refractivity contribution in [3.63, 3.8) is 0 Å². The molecule has 0 aliphatic carbocycles. The maximum absolute atomic E-state index is 3.57. The Kier molecular flexibility index (Phi) is 3.25. The van der Waals surface area contributed by atoms with E-state index in [1.807, 2.05) is 0 Å². The smallest absolute Gasteiger partial charge is 0.0491 e. The summed E-state index contributed by atoms with van der Waals surface area (Å²) in [5.74, 6) is 0. The summed E-state index contributed by atoms with van der Waals surface area (Å²) in [6, 6.07) is 4.95. The van der Waals surface area contributed by atoms with E-state index in [-0.39, 0.29) is 0 Å². The van der Waals surface area contributed by atoms with Gasteiger partial charge in [-0.05, 0) is 37.5 Å². The van der Waals surface area contributed by atoms with E-state index in [0.717, 1.165) is 6.54 Å². The van der Waals surface area contributed by atoms with Crippen LogP contribution in [0.2, 0.25) is 0 Å². The first-order valence-electron chi connectivity index (χ1n) is 6.31. The quantitative estimate of drug-likeness (QED) is 0.828. The Morgan fingerprint density at radius 2 is 1.82 bits per heavy atom. The Morgan fingerprint density at radius 1 is 1.12 bits per heavy atom. The van der Waals surface area contributed by atoms with Gasteiger partial charge in [-0.2, -0.15) is 0 Å². The second-order valence-electron chi connectivity index (χ2n) is 5.19. The van der Waals surface area contributed by atoms with Crippen molar-refractivity contribution in [1.82, 2.24) is 10.3 Å². The van der Waals surface area contributed by atoms with Crippen molar-refractivity contribution in [2.45, 2.75) is 47.2 Å². The average Bonchev–Trinajstić information content (AvgIpc) is 2.59. The zero-order valence-electron chi connectivity index (χ0n) is 11.4. The van der Waals surface area contributed by atoms with E-state index in [1.165, 1.54) is 33.3 Å². The molecule has 2 nitrogen and oxygen atoms in total. The van der Waals surface area contributed by atoms with Gasteiger partial charge in [-0.1, -0.05) is 26.0 Å². The molecule has 0 saturated carbocycles. The molecule has 0 amide bonds. The highest BCUT2D eigenvalue weighted by Gasteiger charge is 2.10. The van der Waals surface area contributed by atoms with Crippen LogP contribution in [0.15, 0.2) is 12.1 Å². The molecule has 0 saturated heterocycles. The second kappa shape index (κ2) is 4.53. The topological polar surface area (TPSA) is 27.8 Å². The third-order valence-electron chi connectivity index (χ3n) is 3.56. The molecule has 0 bridgehead atoms. The summed E-state index contributed by atoms with van der Waals surface area (Å²) in [4.78, 5) is 3.57. The summed E-state index contributed by atoms with van der Waals surface area (Å²) >= 11 is 0. The van der Waals surface area contributed by atoms with Gasteiger partial charge in [0.2, 0.25) is 0 Å². The Morgan fingerprint density at radius 3 is 2.47 bits per heavy atom. The van der Waals surface area contributed by atoms with Crippen molar-refractivity contribution >= 4 is 10.9 Å². The highest BCUT2D eigenvalue weighted by Crippen LogP contribution is 2.26. The summed E-state index contributed by atoms with van der Waals surface area (Å²) < 4.78 is 0. The third kappa shape index (κ3) is 2.22. The number of benzene rings is 1. The van der Waals surface area contributed by atoms with Gasteiger partial charge in [-0.3, -0.25) is 0 Å². The van der Waals surface area contributed by atoms with Crippen molar-refractivity contribution in [3.05, 3.63) is 34.5 Å². The van der Waals surface area contributed by atoms with Gasteiger partial charge in [0, 0.05) is 29.2 Å².